The van der Waals surface area contributed by atoms with Gasteiger partial charge in [-0.1, -0.05) is 0 Å². The molecule has 3 heterocycles. The second-order valence-corrected chi connectivity index (χ2v) is 5.56. The van der Waals surface area contributed by atoms with Crippen LogP contribution in [0.2, 0.25) is 0 Å². The van der Waals surface area contributed by atoms with E-state index in [1.807, 2.05) is 26.0 Å². The topological polar surface area (TPSA) is 67.1 Å². The van der Waals surface area contributed by atoms with Crippen LogP contribution in [0.25, 0.3) is 0 Å². The molecule has 2 aromatic heterocycles. The first kappa shape index (κ1) is 14.0. The number of nitrogens with zero attached hydrogens (tertiary/aromatic N) is 5. The number of pyridine rings is 1. The SMILES string of the molecule is Cc1nc(C)n(C2CCCN(c3ccnc(CO)c3)C2)n1. The smallest absolute Gasteiger partial charge is 0.147 e. The van der Waals surface area contributed by atoms with Crippen LogP contribution in [-0.2, 0) is 6.61 Å². The second-order valence-electron chi connectivity index (χ2n) is 5.56. The zero-order chi connectivity index (χ0) is 14.8. The van der Waals surface area contributed by atoms with Gasteiger partial charge in [-0.25, -0.2) is 9.67 Å². The van der Waals surface area contributed by atoms with Crippen LogP contribution in [0.3, 0.4) is 0 Å². The summed E-state index contributed by atoms with van der Waals surface area (Å²) in [4.78, 5) is 10.9. The second kappa shape index (κ2) is 5.81. The predicted molar refractivity (Wildman–Crippen MR) is 80.1 cm³/mol. The molecule has 0 saturated carbocycles. The number of piperidine rings is 1. The number of anilines is 1. The Morgan fingerprint density at radius 2 is 2.24 bits per heavy atom. The Bertz CT molecular complexity index is 624. The molecule has 1 fully saturated rings. The fourth-order valence-electron chi connectivity index (χ4n) is 3.02. The molecule has 1 aliphatic heterocycles. The molecule has 6 heteroatoms. The van der Waals surface area contributed by atoms with Crippen LogP contribution >= 0.6 is 0 Å². The Balaban J connectivity index is 1.80. The number of rotatable bonds is 3. The fraction of sp³-hybridized carbons (Fsp3) is 0.533. The van der Waals surface area contributed by atoms with Crippen LogP contribution in [0, 0.1) is 13.8 Å². The van der Waals surface area contributed by atoms with Gasteiger partial charge in [0.15, 0.2) is 0 Å². The zero-order valence-corrected chi connectivity index (χ0v) is 12.5. The Labute approximate surface area is 124 Å². The maximum Gasteiger partial charge on any atom is 0.147 e. The summed E-state index contributed by atoms with van der Waals surface area (Å²) in [6.07, 6.45) is 4.01. The van der Waals surface area contributed by atoms with Gasteiger partial charge in [-0.3, -0.25) is 4.98 Å². The molecule has 0 bridgehead atoms. The minimum atomic E-state index is -0.0213. The van der Waals surface area contributed by atoms with E-state index >= 15 is 0 Å². The zero-order valence-electron chi connectivity index (χ0n) is 12.5. The monoisotopic (exact) mass is 287 g/mol. The third kappa shape index (κ3) is 2.90. The molecule has 1 N–H and O–H groups in total. The van der Waals surface area contributed by atoms with Crippen molar-refractivity contribution in [3.05, 3.63) is 35.7 Å². The summed E-state index contributed by atoms with van der Waals surface area (Å²) in [6.45, 7) is 5.86. The molecule has 0 spiro atoms. The van der Waals surface area contributed by atoms with E-state index in [4.69, 9.17) is 0 Å². The molecule has 1 unspecified atom stereocenters. The van der Waals surface area contributed by atoms with Crippen molar-refractivity contribution in [1.82, 2.24) is 19.7 Å². The lowest BCUT2D eigenvalue weighted by Gasteiger charge is -2.34. The van der Waals surface area contributed by atoms with Crippen molar-refractivity contribution in [3.63, 3.8) is 0 Å². The van der Waals surface area contributed by atoms with E-state index < -0.39 is 0 Å². The van der Waals surface area contributed by atoms with Crippen molar-refractivity contribution in [1.29, 1.82) is 0 Å². The van der Waals surface area contributed by atoms with Crippen molar-refractivity contribution >= 4 is 5.69 Å². The highest BCUT2D eigenvalue weighted by molar-refractivity contribution is 5.47. The molecule has 6 nitrogen and oxygen atoms in total. The van der Waals surface area contributed by atoms with E-state index in [-0.39, 0.29) is 6.61 Å². The Kier molecular flexibility index (Phi) is 3.88. The molecular weight excluding hydrogens is 266 g/mol. The van der Waals surface area contributed by atoms with Crippen molar-refractivity contribution in [3.8, 4) is 0 Å². The lowest BCUT2D eigenvalue weighted by Crippen LogP contribution is -2.37. The maximum absolute atomic E-state index is 9.23. The maximum atomic E-state index is 9.23. The average Bonchev–Trinajstić information content (AvgIpc) is 2.86. The lowest BCUT2D eigenvalue weighted by molar-refractivity contribution is 0.277. The normalized spacial score (nSPS) is 19.0. The van der Waals surface area contributed by atoms with Crippen LogP contribution in [0.1, 0.15) is 36.2 Å². The Hall–Kier alpha value is -1.95. The minimum Gasteiger partial charge on any atom is -0.390 e. The largest absolute Gasteiger partial charge is 0.390 e. The van der Waals surface area contributed by atoms with E-state index in [0.717, 1.165) is 43.3 Å². The summed E-state index contributed by atoms with van der Waals surface area (Å²) in [6, 6.07) is 4.31. The molecule has 21 heavy (non-hydrogen) atoms. The van der Waals surface area contributed by atoms with Crippen molar-refractivity contribution in [2.45, 2.75) is 39.3 Å². The summed E-state index contributed by atoms with van der Waals surface area (Å²) in [7, 11) is 0. The van der Waals surface area contributed by atoms with Crippen molar-refractivity contribution < 1.29 is 5.11 Å². The van der Waals surface area contributed by atoms with Crippen LogP contribution in [-0.4, -0.2) is 37.9 Å². The molecule has 0 aliphatic carbocycles. The van der Waals surface area contributed by atoms with Crippen molar-refractivity contribution in [2.24, 2.45) is 0 Å². The van der Waals surface area contributed by atoms with Gasteiger partial charge < -0.3 is 10.0 Å². The number of aromatic nitrogens is 4. The number of aliphatic hydroxyl groups is 1. The lowest BCUT2D eigenvalue weighted by atomic mass is 10.0. The van der Waals surface area contributed by atoms with E-state index in [1.165, 1.54) is 0 Å². The molecule has 0 radical (unpaired) electrons. The van der Waals surface area contributed by atoms with Gasteiger partial charge in [0.1, 0.15) is 11.6 Å². The first-order valence-corrected chi connectivity index (χ1v) is 7.38. The molecule has 112 valence electrons. The summed E-state index contributed by atoms with van der Waals surface area (Å²) in [5, 5.41) is 13.7. The van der Waals surface area contributed by atoms with Gasteiger partial charge >= 0.3 is 0 Å². The summed E-state index contributed by atoms with van der Waals surface area (Å²) < 4.78 is 2.05. The van der Waals surface area contributed by atoms with Gasteiger partial charge in [0.05, 0.1) is 18.3 Å². The molecule has 3 rings (SSSR count). The highest BCUT2D eigenvalue weighted by Gasteiger charge is 2.24. The molecule has 0 amide bonds. The van der Waals surface area contributed by atoms with Gasteiger partial charge in [-0.05, 0) is 38.8 Å². The molecule has 1 saturated heterocycles. The number of hydrogen-bond donors (Lipinski definition) is 1. The first-order valence-electron chi connectivity index (χ1n) is 7.38. The Morgan fingerprint density at radius 3 is 2.95 bits per heavy atom. The molecule has 1 atom stereocenters. The number of aliphatic hydroxyl groups excluding tert-OH is 1. The molecule has 2 aromatic rings. The van der Waals surface area contributed by atoms with E-state index in [2.05, 4.69) is 24.6 Å². The number of hydrogen-bond acceptors (Lipinski definition) is 5. The van der Waals surface area contributed by atoms with E-state index in [9.17, 15) is 5.11 Å². The van der Waals surface area contributed by atoms with Crippen LogP contribution in [0.15, 0.2) is 18.3 Å². The van der Waals surface area contributed by atoms with Gasteiger partial charge in [0.25, 0.3) is 0 Å². The van der Waals surface area contributed by atoms with Gasteiger partial charge in [0, 0.05) is 25.0 Å². The molecule has 1 aliphatic rings. The highest BCUT2D eigenvalue weighted by atomic mass is 16.3. The highest BCUT2D eigenvalue weighted by Crippen LogP contribution is 2.26. The standard InChI is InChI=1S/C15H21N5O/c1-11-17-12(2)20(18-11)15-4-3-7-19(9-15)14-5-6-16-13(8-14)10-21/h5-6,8,15,21H,3-4,7,9-10H2,1-2H3. The summed E-state index contributed by atoms with van der Waals surface area (Å²) >= 11 is 0. The fourth-order valence-corrected chi connectivity index (χ4v) is 3.02. The van der Waals surface area contributed by atoms with Crippen LogP contribution in [0.5, 0.6) is 0 Å². The predicted octanol–water partition coefficient (Wildman–Crippen LogP) is 1.62. The Morgan fingerprint density at radius 1 is 1.38 bits per heavy atom. The van der Waals surface area contributed by atoms with Crippen LogP contribution < -0.4 is 4.90 Å². The van der Waals surface area contributed by atoms with Crippen LogP contribution in [0.4, 0.5) is 5.69 Å². The van der Waals surface area contributed by atoms with Gasteiger partial charge in [-0.2, -0.15) is 5.10 Å². The number of aryl methyl sites for hydroxylation is 2. The quantitative estimate of drug-likeness (QED) is 0.929. The first-order chi connectivity index (χ1) is 10.2. The van der Waals surface area contributed by atoms with E-state index in [1.54, 1.807) is 6.20 Å². The molecule has 0 aromatic carbocycles. The van der Waals surface area contributed by atoms with Gasteiger partial charge in [0.2, 0.25) is 0 Å². The third-order valence-corrected chi connectivity index (χ3v) is 3.98. The average molecular weight is 287 g/mol. The third-order valence-electron chi connectivity index (χ3n) is 3.98. The van der Waals surface area contributed by atoms with E-state index in [0.29, 0.717) is 11.7 Å². The summed E-state index contributed by atoms with van der Waals surface area (Å²) in [5.74, 6) is 1.81. The van der Waals surface area contributed by atoms with Gasteiger partial charge in [-0.15, -0.1) is 0 Å². The molecular formula is C15H21N5O. The summed E-state index contributed by atoms with van der Waals surface area (Å²) in [5.41, 5.74) is 1.83. The van der Waals surface area contributed by atoms with Crippen molar-refractivity contribution in [2.75, 3.05) is 18.0 Å². The minimum absolute atomic E-state index is 0.0213.